The predicted octanol–water partition coefficient (Wildman–Crippen LogP) is 2.14. The van der Waals surface area contributed by atoms with Gasteiger partial charge in [0, 0.05) is 30.4 Å². The molecule has 9 heteroatoms. The van der Waals surface area contributed by atoms with E-state index in [1.54, 1.807) is 16.7 Å². The minimum absolute atomic E-state index is 0.222. The smallest absolute Gasteiger partial charge is 0.356 e. The first-order chi connectivity index (χ1) is 13.1. The summed E-state index contributed by atoms with van der Waals surface area (Å²) in [4.78, 5) is 39.7. The molecule has 2 N–H and O–H groups in total. The standard InChI is InChI=1S/C18H12N6O3/c25-16(14-15(17(26)27)20-8-7-19-14)22-13-6-9-24-10-12(21-18(24)23-13)11-4-2-1-3-5-11/h1-10H,(H,26,27)(H,21,22,23,25). The Morgan fingerprint density at radius 2 is 1.70 bits per heavy atom. The second-order valence-electron chi connectivity index (χ2n) is 5.53. The van der Waals surface area contributed by atoms with Crippen LogP contribution >= 0.6 is 0 Å². The molecule has 0 aliphatic heterocycles. The summed E-state index contributed by atoms with van der Waals surface area (Å²) in [5, 5.41) is 11.6. The fourth-order valence-corrected chi connectivity index (χ4v) is 2.53. The molecule has 0 spiro atoms. The van der Waals surface area contributed by atoms with Crippen LogP contribution < -0.4 is 5.32 Å². The van der Waals surface area contributed by atoms with E-state index in [2.05, 4.69) is 25.3 Å². The largest absolute Gasteiger partial charge is 0.476 e. The molecule has 132 valence electrons. The van der Waals surface area contributed by atoms with Gasteiger partial charge in [0.2, 0.25) is 5.78 Å². The Labute approximate surface area is 152 Å². The highest BCUT2D eigenvalue weighted by Gasteiger charge is 2.20. The van der Waals surface area contributed by atoms with E-state index in [0.717, 1.165) is 11.3 Å². The Hall–Kier alpha value is -4.14. The van der Waals surface area contributed by atoms with Gasteiger partial charge in [-0.3, -0.25) is 9.20 Å². The molecule has 0 aliphatic rings. The summed E-state index contributed by atoms with van der Waals surface area (Å²) >= 11 is 0. The van der Waals surface area contributed by atoms with Crippen LogP contribution in [0.25, 0.3) is 17.0 Å². The summed E-state index contributed by atoms with van der Waals surface area (Å²) in [5.41, 5.74) is 0.969. The van der Waals surface area contributed by atoms with E-state index in [-0.39, 0.29) is 11.5 Å². The number of hydrogen-bond acceptors (Lipinski definition) is 6. The number of fused-ring (bicyclic) bond motifs is 1. The van der Waals surface area contributed by atoms with Gasteiger partial charge in [-0.15, -0.1) is 0 Å². The number of aromatic carboxylic acids is 1. The molecular formula is C18H12N6O3. The summed E-state index contributed by atoms with van der Waals surface area (Å²) in [6, 6.07) is 11.2. The van der Waals surface area contributed by atoms with E-state index in [4.69, 9.17) is 5.11 Å². The summed E-state index contributed by atoms with van der Waals surface area (Å²) in [5.74, 6) is -1.44. The van der Waals surface area contributed by atoms with E-state index in [0.29, 0.717) is 5.78 Å². The van der Waals surface area contributed by atoms with Gasteiger partial charge in [0.15, 0.2) is 11.4 Å². The fraction of sp³-hybridized carbons (Fsp3) is 0. The van der Waals surface area contributed by atoms with E-state index >= 15 is 0 Å². The van der Waals surface area contributed by atoms with Gasteiger partial charge >= 0.3 is 5.97 Å². The lowest BCUT2D eigenvalue weighted by Gasteiger charge is -2.05. The van der Waals surface area contributed by atoms with E-state index in [9.17, 15) is 9.59 Å². The highest BCUT2D eigenvalue weighted by Crippen LogP contribution is 2.19. The van der Waals surface area contributed by atoms with Crippen LogP contribution in [0.4, 0.5) is 5.82 Å². The minimum Gasteiger partial charge on any atom is -0.476 e. The number of anilines is 1. The van der Waals surface area contributed by atoms with Crippen molar-refractivity contribution in [3.8, 4) is 11.3 Å². The number of benzene rings is 1. The number of rotatable bonds is 4. The van der Waals surface area contributed by atoms with Crippen molar-refractivity contribution in [1.82, 2.24) is 24.3 Å². The fourth-order valence-electron chi connectivity index (χ4n) is 2.53. The average Bonchev–Trinajstić information content (AvgIpc) is 3.12. The van der Waals surface area contributed by atoms with Gasteiger partial charge in [-0.25, -0.2) is 19.7 Å². The Morgan fingerprint density at radius 1 is 0.963 bits per heavy atom. The Morgan fingerprint density at radius 3 is 2.44 bits per heavy atom. The molecular weight excluding hydrogens is 348 g/mol. The molecule has 1 amide bonds. The second-order valence-corrected chi connectivity index (χ2v) is 5.53. The summed E-state index contributed by atoms with van der Waals surface area (Å²) in [6.45, 7) is 0. The zero-order valence-electron chi connectivity index (χ0n) is 13.8. The Balaban J connectivity index is 1.63. The van der Waals surface area contributed by atoms with Gasteiger partial charge in [-0.2, -0.15) is 4.98 Å². The number of carboxylic acid groups (broad SMARTS) is 1. The third-order valence-corrected chi connectivity index (χ3v) is 3.75. The van der Waals surface area contributed by atoms with Crippen molar-refractivity contribution >= 4 is 23.5 Å². The zero-order valence-corrected chi connectivity index (χ0v) is 13.8. The van der Waals surface area contributed by atoms with Crippen LogP contribution in [0.5, 0.6) is 0 Å². The Bertz CT molecular complexity index is 1160. The van der Waals surface area contributed by atoms with Crippen molar-refractivity contribution in [3.63, 3.8) is 0 Å². The van der Waals surface area contributed by atoms with Gasteiger partial charge in [-0.05, 0) is 6.07 Å². The Kier molecular flexibility index (Phi) is 4.01. The molecule has 4 rings (SSSR count). The van der Waals surface area contributed by atoms with E-state index in [1.807, 2.05) is 36.5 Å². The molecule has 27 heavy (non-hydrogen) atoms. The first-order valence-electron chi connectivity index (χ1n) is 7.88. The number of amides is 1. The lowest BCUT2D eigenvalue weighted by atomic mass is 10.2. The third kappa shape index (κ3) is 3.21. The van der Waals surface area contributed by atoms with Crippen LogP contribution in [0.3, 0.4) is 0 Å². The average molecular weight is 360 g/mol. The number of carbonyl (C=O) groups excluding carboxylic acids is 1. The quantitative estimate of drug-likeness (QED) is 0.571. The van der Waals surface area contributed by atoms with E-state index in [1.165, 1.54) is 12.4 Å². The lowest BCUT2D eigenvalue weighted by Crippen LogP contribution is -2.20. The van der Waals surface area contributed by atoms with E-state index < -0.39 is 17.6 Å². The molecule has 3 aromatic heterocycles. The molecule has 9 nitrogen and oxygen atoms in total. The van der Waals surface area contributed by atoms with Crippen LogP contribution in [0.15, 0.2) is 61.2 Å². The topological polar surface area (TPSA) is 122 Å². The molecule has 0 unspecified atom stereocenters. The monoisotopic (exact) mass is 360 g/mol. The van der Waals surface area contributed by atoms with Crippen molar-refractivity contribution in [3.05, 3.63) is 72.6 Å². The molecule has 3 heterocycles. The van der Waals surface area contributed by atoms with Crippen LogP contribution in [-0.4, -0.2) is 41.3 Å². The van der Waals surface area contributed by atoms with Gasteiger partial charge in [0.05, 0.1) is 5.69 Å². The second kappa shape index (κ2) is 6.64. The van der Waals surface area contributed by atoms with Crippen molar-refractivity contribution in [2.75, 3.05) is 5.32 Å². The maximum Gasteiger partial charge on any atom is 0.356 e. The van der Waals surface area contributed by atoms with Crippen molar-refractivity contribution < 1.29 is 14.7 Å². The molecule has 4 aromatic rings. The molecule has 0 bridgehead atoms. The van der Waals surface area contributed by atoms with Gasteiger partial charge in [-0.1, -0.05) is 30.3 Å². The number of imidazole rings is 1. The molecule has 0 fully saturated rings. The van der Waals surface area contributed by atoms with Crippen LogP contribution in [-0.2, 0) is 0 Å². The predicted molar refractivity (Wildman–Crippen MR) is 95.4 cm³/mol. The van der Waals surface area contributed by atoms with Crippen LogP contribution in [0.1, 0.15) is 21.0 Å². The van der Waals surface area contributed by atoms with Crippen molar-refractivity contribution in [2.24, 2.45) is 0 Å². The summed E-state index contributed by atoms with van der Waals surface area (Å²) in [6.07, 6.45) is 5.99. The van der Waals surface area contributed by atoms with Crippen molar-refractivity contribution in [2.45, 2.75) is 0 Å². The zero-order chi connectivity index (χ0) is 18.8. The number of nitrogens with zero attached hydrogens (tertiary/aromatic N) is 5. The highest BCUT2D eigenvalue weighted by atomic mass is 16.4. The number of carboxylic acids is 1. The van der Waals surface area contributed by atoms with Gasteiger partial charge in [0.25, 0.3) is 5.91 Å². The van der Waals surface area contributed by atoms with Crippen LogP contribution in [0.2, 0.25) is 0 Å². The number of carbonyl (C=O) groups is 2. The highest BCUT2D eigenvalue weighted by molar-refractivity contribution is 6.08. The number of aromatic nitrogens is 5. The maximum absolute atomic E-state index is 12.4. The number of nitrogens with one attached hydrogen (secondary N) is 1. The molecule has 1 aromatic carbocycles. The molecule has 0 radical (unpaired) electrons. The first kappa shape index (κ1) is 16.3. The third-order valence-electron chi connectivity index (χ3n) is 3.75. The molecule has 0 saturated heterocycles. The molecule has 0 atom stereocenters. The summed E-state index contributed by atoms with van der Waals surface area (Å²) < 4.78 is 1.73. The number of hydrogen-bond donors (Lipinski definition) is 2. The minimum atomic E-state index is -1.34. The molecule has 0 saturated carbocycles. The van der Waals surface area contributed by atoms with Crippen LogP contribution in [0, 0.1) is 0 Å². The van der Waals surface area contributed by atoms with Gasteiger partial charge in [0.1, 0.15) is 5.82 Å². The van der Waals surface area contributed by atoms with Gasteiger partial charge < -0.3 is 10.4 Å². The normalized spacial score (nSPS) is 10.7. The first-order valence-corrected chi connectivity index (χ1v) is 7.88. The SMILES string of the molecule is O=C(O)c1nccnc1C(=O)Nc1ccn2cc(-c3ccccc3)nc2n1. The molecule has 0 aliphatic carbocycles. The van der Waals surface area contributed by atoms with Crippen molar-refractivity contribution in [1.29, 1.82) is 0 Å². The maximum atomic E-state index is 12.4. The lowest BCUT2D eigenvalue weighted by molar-refractivity contribution is 0.0685. The summed E-state index contributed by atoms with van der Waals surface area (Å²) in [7, 11) is 0.